The van der Waals surface area contributed by atoms with Crippen LogP contribution in [0.2, 0.25) is 0 Å². The lowest BCUT2D eigenvalue weighted by atomic mass is 10.0. The van der Waals surface area contributed by atoms with E-state index in [1.54, 1.807) is 12.1 Å². The van der Waals surface area contributed by atoms with Crippen molar-refractivity contribution in [3.63, 3.8) is 0 Å². The molecule has 0 aliphatic carbocycles. The van der Waals surface area contributed by atoms with Gasteiger partial charge in [-0.1, -0.05) is 72.3 Å². The zero-order valence-corrected chi connectivity index (χ0v) is 22.9. The van der Waals surface area contributed by atoms with Crippen LogP contribution in [0, 0.1) is 6.92 Å². The van der Waals surface area contributed by atoms with Crippen molar-refractivity contribution in [3.8, 4) is 0 Å². The van der Waals surface area contributed by atoms with E-state index in [0.29, 0.717) is 5.56 Å². The summed E-state index contributed by atoms with van der Waals surface area (Å²) in [6.45, 7) is 2.91. The minimum Gasteiger partial charge on any atom is -0.357 e. The number of benzene rings is 3. The van der Waals surface area contributed by atoms with Crippen molar-refractivity contribution in [2.75, 3.05) is 24.2 Å². The van der Waals surface area contributed by atoms with Gasteiger partial charge in [-0.3, -0.25) is 18.7 Å². The first-order chi connectivity index (χ1) is 18.0. The zero-order chi connectivity index (χ0) is 27.9. The van der Waals surface area contributed by atoms with Crippen LogP contribution in [0.4, 0.5) is 5.69 Å². The third-order valence-corrected chi connectivity index (χ3v) is 7.35. The van der Waals surface area contributed by atoms with E-state index in [2.05, 4.69) is 5.32 Å². The Morgan fingerprint density at radius 3 is 2.13 bits per heavy atom. The van der Waals surface area contributed by atoms with E-state index in [0.717, 1.165) is 27.3 Å². The lowest BCUT2D eigenvalue weighted by molar-refractivity contribution is -0.139. The Labute approximate surface area is 224 Å². The van der Waals surface area contributed by atoms with Crippen molar-refractivity contribution in [3.05, 3.63) is 101 Å². The molecule has 0 saturated carbocycles. The fourth-order valence-electron chi connectivity index (χ4n) is 4.10. The van der Waals surface area contributed by atoms with Crippen LogP contribution in [0.5, 0.6) is 0 Å². The van der Waals surface area contributed by atoms with Gasteiger partial charge in [0, 0.05) is 25.6 Å². The van der Waals surface area contributed by atoms with Crippen molar-refractivity contribution in [2.45, 2.75) is 32.9 Å². The number of rotatable bonds is 11. The van der Waals surface area contributed by atoms with Gasteiger partial charge in [0.25, 0.3) is 0 Å². The number of nitrogens with zero attached hydrogens (tertiary/aromatic N) is 2. The largest absolute Gasteiger partial charge is 0.357 e. The van der Waals surface area contributed by atoms with E-state index < -0.39 is 28.5 Å². The molecule has 3 aromatic carbocycles. The highest BCUT2D eigenvalue weighted by molar-refractivity contribution is 7.92. The van der Waals surface area contributed by atoms with Gasteiger partial charge in [-0.05, 0) is 37.1 Å². The molecule has 8 nitrogen and oxygen atoms in total. The van der Waals surface area contributed by atoms with E-state index in [9.17, 15) is 22.8 Å². The normalized spacial score (nSPS) is 11.9. The van der Waals surface area contributed by atoms with Crippen LogP contribution < -0.4 is 9.62 Å². The molecule has 0 radical (unpaired) electrons. The highest BCUT2D eigenvalue weighted by atomic mass is 32.2. The minimum atomic E-state index is -3.90. The number of likely N-dealkylation sites (N-methyl/N-ethyl adjacent to an activating group) is 1. The van der Waals surface area contributed by atoms with Gasteiger partial charge in [-0.15, -0.1) is 0 Å². The fourth-order valence-corrected chi connectivity index (χ4v) is 4.95. The Balaban J connectivity index is 2.03. The number of anilines is 1. The van der Waals surface area contributed by atoms with Crippen LogP contribution in [-0.4, -0.2) is 56.8 Å². The molecule has 0 saturated heterocycles. The second kappa shape index (κ2) is 12.5. The molecule has 1 atom stereocenters. The summed E-state index contributed by atoms with van der Waals surface area (Å²) in [5.41, 5.74) is 3.23. The van der Waals surface area contributed by atoms with E-state index in [4.69, 9.17) is 0 Å². The van der Waals surface area contributed by atoms with Gasteiger partial charge in [0.05, 0.1) is 11.9 Å². The van der Waals surface area contributed by atoms with Crippen LogP contribution in [0.1, 0.15) is 34.0 Å². The predicted octanol–water partition coefficient (Wildman–Crippen LogP) is 3.35. The van der Waals surface area contributed by atoms with E-state index in [1.165, 1.54) is 31.0 Å². The number of aryl methyl sites for hydroxylation is 1. The van der Waals surface area contributed by atoms with Gasteiger partial charge in [-0.2, -0.15) is 0 Å². The van der Waals surface area contributed by atoms with Crippen molar-refractivity contribution >= 4 is 33.3 Å². The number of hydrogen-bond acceptors (Lipinski definition) is 5. The van der Waals surface area contributed by atoms with Gasteiger partial charge >= 0.3 is 0 Å². The first-order valence-corrected chi connectivity index (χ1v) is 14.0. The molecule has 0 aromatic heterocycles. The van der Waals surface area contributed by atoms with Crippen molar-refractivity contribution < 1.29 is 22.8 Å². The fraction of sp³-hybridized carbons (Fsp3) is 0.276. The standard InChI is InChI=1S/C29H33N3O5S/c1-21-13-15-24(16-14-21)19-31(27(29(35)30-3)17-23-9-6-5-7-10-23)28(34)20-32(38(4,36)37)26-12-8-11-25(18-26)22(2)33/h5-16,18,27H,17,19-20H2,1-4H3,(H,30,35)/t27-/m1/s1. The molecule has 0 spiro atoms. The topological polar surface area (TPSA) is 104 Å². The molecule has 9 heteroatoms. The van der Waals surface area contributed by atoms with Gasteiger partial charge in [0.2, 0.25) is 21.8 Å². The maximum absolute atomic E-state index is 13.9. The molecule has 200 valence electrons. The van der Waals surface area contributed by atoms with Crippen LogP contribution >= 0.6 is 0 Å². The second-order valence-electron chi connectivity index (χ2n) is 9.20. The number of nitrogens with one attached hydrogen (secondary N) is 1. The Morgan fingerprint density at radius 1 is 0.895 bits per heavy atom. The molecule has 0 unspecified atom stereocenters. The van der Waals surface area contributed by atoms with Crippen LogP contribution in [0.15, 0.2) is 78.9 Å². The number of hydrogen-bond donors (Lipinski definition) is 1. The molecule has 0 bridgehead atoms. The van der Waals surface area contributed by atoms with Gasteiger partial charge in [0.15, 0.2) is 5.78 Å². The Hall–Kier alpha value is -3.98. The Morgan fingerprint density at radius 2 is 1.55 bits per heavy atom. The Kier molecular flexibility index (Phi) is 9.41. The first-order valence-electron chi connectivity index (χ1n) is 12.2. The predicted molar refractivity (Wildman–Crippen MR) is 148 cm³/mol. The number of Topliss-reactive ketones (excluding diaryl/α,β-unsaturated/α-hetero) is 1. The van der Waals surface area contributed by atoms with E-state index >= 15 is 0 Å². The average Bonchev–Trinajstić information content (AvgIpc) is 2.89. The smallest absolute Gasteiger partial charge is 0.244 e. The summed E-state index contributed by atoms with van der Waals surface area (Å²) in [7, 11) is -2.40. The molecule has 1 N–H and O–H groups in total. The van der Waals surface area contributed by atoms with Gasteiger partial charge < -0.3 is 10.2 Å². The van der Waals surface area contributed by atoms with Crippen LogP contribution in [0.25, 0.3) is 0 Å². The summed E-state index contributed by atoms with van der Waals surface area (Å²) >= 11 is 0. The number of sulfonamides is 1. The highest BCUT2D eigenvalue weighted by Gasteiger charge is 2.32. The van der Waals surface area contributed by atoms with E-state index in [-0.39, 0.29) is 30.3 Å². The van der Waals surface area contributed by atoms with Gasteiger partial charge in [-0.25, -0.2) is 8.42 Å². The number of ketones is 1. The summed E-state index contributed by atoms with van der Waals surface area (Å²) in [4.78, 5) is 40.3. The monoisotopic (exact) mass is 535 g/mol. The Bertz CT molecular complexity index is 1390. The zero-order valence-electron chi connectivity index (χ0n) is 22.0. The third kappa shape index (κ3) is 7.52. The van der Waals surface area contributed by atoms with E-state index in [1.807, 2.05) is 61.5 Å². The average molecular weight is 536 g/mol. The number of carbonyl (C=O) groups is 3. The summed E-state index contributed by atoms with van der Waals surface area (Å²) in [5.74, 6) is -1.14. The maximum Gasteiger partial charge on any atom is 0.244 e. The third-order valence-electron chi connectivity index (χ3n) is 6.21. The SMILES string of the molecule is CNC(=O)[C@@H](Cc1ccccc1)N(Cc1ccc(C)cc1)C(=O)CN(c1cccc(C(C)=O)c1)S(C)(=O)=O. The molecule has 0 aliphatic rings. The molecule has 0 heterocycles. The summed E-state index contributed by atoms with van der Waals surface area (Å²) in [5, 5.41) is 2.65. The minimum absolute atomic E-state index is 0.106. The highest BCUT2D eigenvalue weighted by Crippen LogP contribution is 2.22. The number of amides is 2. The van der Waals surface area contributed by atoms with Gasteiger partial charge in [0.1, 0.15) is 12.6 Å². The van der Waals surface area contributed by atoms with Crippen LogP contribution in [-0.2, 0) is 32.6 Å². The molecule has 3 aromatic rings. The summed E-state index contributed by atoms with van der Waals surface area (Å²) in [6.07, 6.45) is 1.25. The molecule has 3 rings (SSSR count). The van der Waals surface area contributed by atoms with Crippen LogP contribution in [0.3, 0.4) is 0 Å². The number of carbonyl (C=O) groups excluding carboxylic acids is 3. The van der Waals surface area contributed by atoms with Crippen molar-refractivity contribution in [1.29, 1.82) is 0 Å². The quantitative estimate of drug-likeness (QED) is 0.379. The van der Waals surface area contributed by atoms with Crippen molar-refractivity contribution in [1.82, 2.24) is 10.2 Å². The first kappa shape index (κ1) is 28.6. The summed E-state index contributed by atoms with van der Waals surface area (Å²) < 4.78 is 26.6. The molecule has 38 heavy (non-hydrogen) atoms. The molecule has 0 fully saturated rings. The van der Waals surface area contributed by atoms with Crippen molar-refractivity contribution in [2.24, 2.45) is 0 Å². The molecule has 2 amide bonds. The second-order valence-corrected chi connectivity index (χ2v) is 11.1. The maximum atomic E-state index is 13.9. The lowest BCUT2D eigenvalue weighted by Crippen LogP contribution is -2.52. The lowest BCUT2D eigenvalue weighted by Gasteiger charge is -2.33. The molecule has 0 aliphatic heterocycles. The molecular weight excluding hydrogens is 502 g/mol. The molecular formula is C29H33N3O5S. The summed E-state index contributed by atoms with van der Waals surface area (Å²) in [6, 6.07) is 22.2.